The van der Waals surface area contributed by atoms with Crippen molar-refractivity contribution in [3.05, 3.63) is 23.9 Å². The highest BCUT2D eigenvalue weighted by Gasteiger charge is 2.31. The van der Waals surface area contributed by atoms with Crippen molar-refractivity contribution in [3.8, 4) is 0 Å². The topological polar surface area (TPSA) is 59.2 Å². The smallest absolute Gasteiger partial charge is 0.226 e. The van der Waals surface area contributed by atoms with Gasteiger partial charge in [0.05, 0.1) is 0 Å². The Labute approximate surface area is 119 Å². The fourth-order valence-electron chi connectivity index (χ4n) is 3.04. The zero-order valence-electron chi connectivity index (χ0n) is 11.9. The number of aromatic nitrogens is 2. The van der Waals surface area contributed by atoms with Crippen LogP contribution in [0.5, 0.6) is 0 Å². The highest BCUT2D eigenvalue weighted by Crippen LogP contribution is 2.28. The monoisotopic (exact) mass is 275 g/mol. The Morgan fingerprint density at radius 3 is 2.95 bits per heavy atom. The largest absolute Gasteiger partial charge is 0.342 e. The Morgan fingerprint density at radius 2 is 2.25 bits per heavy atom. The average molecular weight is 275 g/mol. The van der Waals surface area contributed by atoms with Crippen LogP contribution in [0.15, 0.2) is 16.7 Å². The van der Waals surface area contributed by atoms with E-state index in [-0.39, 0.29) is 11.8 Å². The van der Waals surface area contributed by atoms with E-state index in [4.69, 9.17) is 4.52 Å². The molecule has 0 saturated carbocycles. The summed E-state index contributed by atoms with van der Waals surface area (Å²) in [6.07, 6.45) is 8.82. The molecule has 0 aromatic carbocycles. The first-order valence-electron chi connectivity index (χ1n) is 7.54. The molecule has 1 aromatic rings. The van der Waals surface area contributed by atoms with Crippen LogP contribution < -0.4 is 0 Å². The molecule has 20 heavy (non-hydrogen) atoms. The van der Waals surface area contributed by atoms with Crippen molar-refractivity contribution in [1.29, 1.82) is 0 Å². The van der Waals surface area contributed by atoms with Crippen LogP contribution in [0.3, 0.4) is 0 Å². The summed E-state index contributed by atoms with van der Waals surface area (Å²) in [5.41, 5.74) is 0. The van der Waals surface area contributed by atoms with Gasteiger partial charge in [-0.05, 0) is 25.7 Å². The molecule has 1 fully saturated rings. The van der Waals surface area contributed by atoms with E-state index in [0.29, 0.717) is 11.8 Å². The highest BCUT2D eigenvalue weighted by molar-refractivity contribution is 5.79. The quantitative estimate of drug-likeness (QED) is 0.794. The Kier molecular flexibility index (Phi) is 3.85. The number of nitrogens with zero attached hydrogens (tertiary/aromatic N) is 3. The fraction of sp³-hybridized carbons (Fsp3) is 0.667. The zero-order valence-corrected chi connectivity index (χ0v) is 11.9. The Hall–Kier alpha value is -1.65. The first-order valence-corrected chi connectivity index (χ1v) is 7.54. The molecule has 1 aliphatic heterocycles. The molecule has 2 heterocycles. The van der Waals surface area contributed by atoms with E-state index in [9.17, 15) is 4.79 Å². The number of hydrogen-bond donors (Lipinski definition) is 0. The zero-order chi connectivity index (χ0) is 13.9. The number of aryl methyl sites for hydroxylation is 1. The minimum absolute atomic E-state index is 0.158. The Balaban J connectivity index is 1.65. The van der Waals surface area contributed by atoms with Crippen LogP contribution in [-0.4, -0.2) is 34.0 Å². The van der Waals surface area contributed by atoms with E-state index < -0.39 is 0 Å². The van der Waals surface area contributed by atoms with E-state index in [1.807, 2.05) is 11.8 Å². The molecule has 1 saturated heterocycles. The maximum absolute atomic E-state index is 12.5. The predicted octanol–water partition coefficient (Wildman–Crippen LogP) is 2.30. The van der Waals surface area contributed by atoms with E-state index in [1.54, 1.807) is 0 Å². The van der Waals surface area contributed by atoms with Crippen LogP contribution in [-0.2, 0) is 11.2 Å². The summed E-state index contributed by atoms with van der Waals surface area (Å²) < 4.78 is 5.19. The molecule has 0 bridgehead atoms. The molecule has 1 aromatic heterocycles. The second-order valence-electron chi connectivity index (χ2n) is 5.66. The van der Waals surface area contributed by atoms with Crippen LogP contribution >= 0.6 is 0 Å². The lowest BCUT2D eigenvalue weighted by Crippen LogP contribution is -2.42. The summed E-state index contributed by atoms with van der Waals surface area (Å²) >= 11 is 0. The second kappa shape index (κ2) is 5.77. The van der Waals surface area contributed by atoms with Crippen molar-refractivity contribution in [2.75, 3.05) is 13.1 Å². The maximum atomic E-state index is 12.5. The SMILES string of the molecule is CCc1nc([C@H]2CCCN(C(=O)C3CC=CC3)C2)no1. The van der Waals surface area contributed by atoms with Gasteiger partial charge in [0, 0.05) is 31.3 Å². The lowest BCUT2D eigenvalue weighted by Gasteiger charge is -2.33. The number of likely N-dealkylation sites (tertiary alicyclic amines) is 1. The third kappa shape index (κ3) is 2.62. The normalized spacial score (nSPS) is 23.4. The molecule has 3 rings (SSSR count). The van der Waals surface area contributed by atoms with Gasteiger partial charge >= 0.3 is 0 Å². The van der Waals surface area contributed by atoms with Gasteiger partial charge in [-0.25, -0.2) is 0 Å². The maximum Gasteiger partial charge on any atom is 0.226 e. The molecule has 2 aliphatic rings. The molecule has 0 spiro atoms. The van der Waals surface area contributed by atoms with Crippen molar-refractivity contribution in [3.63, 3.8) is 0 Å². The average Bonchev–Trinajstić information content (AvgIpc) is 3.17. The van der Waals surface area contributed by atoms with Gasteiger partial charge in [0.25, 0.3) is 0 Å². The molecule has 0 radical (unpaired) electrons. The van der Waals surface area contributed by atoms with Crippen LogP contribution in [0, 0.1) is 5.92 Å². The molecule has 1 amide bonds. The standard InChI is InChI=1S/C15H21N3O2/c1-2-13-16-14(17-20-13)12-8-5-9-18(10-12)15(19)11-6-3-4-7-11/h3-4,11-12H,2,5-10H2,1H3/t12-/m0/s1. The van der Waals surface area contributed by atoms with Gasteiger partial charge < -0.3 is 9.42 Å². The van der Waals surface area contributed by atoms with E-state index in [2.05, 4.69) is 22.3 Å². The van der Waals surface area contributed by atoms with Crippen molar-refractivity contribution < 1.29 is 9.32 Å². The summed E-state index contributed by atoms with van der Waals surface area (Å²) in [5, 5.41) is 4.07. The van der Waals surface area contributed by atoms with Gasteiger partial charge in [0.15, 0.2) is 5.82 Å². The number of carbonyl (C=O) groups excluding carboxylic acids is 1. The second-order valence-corrected chi connectivity index (χ2v) is 5.66. The molecule has 1 atom stereocenters. The van der Waals surface area contributed by atoms with E-state index in [1.165, 1.54) is 0 Å². The molecule has 5 heteroatoms. The number of amides is 1. The highest BCUT2D eigenvalue weighted by atomic mass is 16.5. The summed E-state index contributed by atoms with van der Waals surface area (Å²) in [7, 11) is 0. The summed E-state index contributed by atoms with van der Waals surface area (Å²) in [6, 6.07) is 0. The third-order valence-corrected chi connectivity index (χ3v) is 4.24. The van der Waals surface area contributed by atoms with Crippen LogP contribution in [0.25, 0.3) is 0 Å². The number of rotatable bonds is 3. The number of hydrogen-bond acceptors (Lipinski definition) is 4. The number of piperidine rings is 1. The first kappa shape index (κ1) is 13.3. The third-order valence-electron chi connectivity index (χ3n) is 4.24. The molecule has 5 nitrogen and oxygen atoms in total. The van der Waals surface area contributed by atoms with Gasteiger partial charge in [-0.1, -0.05) is 24.2 Å². The molecular weight excluding hydrogens is 254 g/mol. The Bertz CT molecular complexity index is 501. The van der Waals surface area contributed by atoms with Gasteiger partial charge in [-0.3, -0.25) is 4.79 Å². The van der Waals surface area contributed by atoms with Crippen molar-refractivity contribution in [2.45, 2.75) is 44.9 Å². The van der Waals surface area contributed by atoms with E-state index >= 15 is 0 Å². The number of carbonyl (C=O) groups is 1. The van der Waals surface area contributed by atoms with Gasteiger partial charge in [-0.15, -0.1) is 0 Å². The predicted molar refractivity (Wildman–Crippen MR) is 74.1 cm³/mol. The van der Waals surface area contributed by atoms with Gasteiger partial charge in [0.1, 0.15) is 0 Å². The first-order chi connectivity index (χ1) is 9.78. The molecular formula is C15H21N3O2. The summed E-state index contributed by atoms with van der Waals surface area (Å²) in [6.45, 7) is 3.60. The molecule has 1 aliphatic carbocycles. The Morgan fingerprint density at radius 1 is 1.45 bits per heavy atom. The van der Waals surface area contributed by atoms with Crippen molar-refractivity contribution in [1.82, 2.24) is 15.0 Å². The minimum atomic E-state index is 0.158. The van der Waals surface area contributed by atoms with Crippen molar-refractivity contribution >= 4 is 5.91 Å². The van der Waals surface area contributed by atoms with Gasteiger partial charge in [0.2, 0.25) is 11.8 Å². The van der Waals surface area contributed by atoms with E-state index in [0.717, 1.165) is 51.0 Å². The lowest BCUT2D eigenvalue weighted by molar-refractivity contribution is -0.136. The summed E-state index contributed by atoms with van der Waals surface area (Å²) in [5.74, 6) is 2.13. The molecule has 0 N–H and O–H groups in total. The fourth-order valence-corrected chi connectivity index (χ4v) is 3.04. The van der Waals surface area contributed by atoms with Gasteiger partial charge in [-0.2, -0.15) is 4.98 Å². The van der Waals surface area contributed by atoms with Crippen LogP contribution in [0.1, 0.15) is 50.2 Å². The summed E-state index contributed by atoms with van der Waals surface area (Å²) in [4.78, 5) is 18.9. The minimum Gasteiger partial charge on any atom is -0.342 e. The van der Waals surface area contributed by atoms with Crippen LogP contribution in [0.4, 0.5) is 0 Å². The lowest BCUT2D eigenvalue weighted by atomic mass is 9.95. The molecule has 0 unspecified atom stereocenters. The van der Waals surface area contributed by atoms with Crippen LogP contribution in [0.2, 0.25) is 0 Å². The molecule has 108 valence electrons. The van der Waals surface area contributed by atoms with Crippen molar-refractivity contribution in [2.24, 2.45) is 5.92 Å². The number of allylic oxidation sites excluding steroid dienone is 2.